The number of nitrogens with zero attached hydrogens (tertiary/aromatic N) is 4. The predicted molar refractivity (Wildman–Crippen MR) is 95.5 cm³/mol. The van der Waals surface area contributed by atoms with Crippen LogP contribution in [-0.2, 0) is 4.79 Å². The minimum Gasteiger partial charge on any atom is -0.336 e. The van der Waals surface area contributed by atoms with Crippen LogP contribution < -0.4 is 5.32 Å². The third-order valence-corrected chi connectivity index (χ3v) is 3.79. The molecule has 0 atom stereocenters. The van der Waals surface area contributed by atoms with E-state index in [0.717, 1.165) is 22.3 Å². The third-order valence-electron chi connectivity index (χ3n) is 3.79. The lowest BCUT2D eigenvalue weighted by Crippen LogP contribution is -2.08. The number of imidazole rings is 1. The zero-order valence-electron chi connectivity index (χ0n) is 13.8. The Morgan fingerprint density at radius 2 is 1.84 bits per heavy atom. The smallest absolute Gasteiger partial charge is 0.222 e. The minimum absolute atomic E-state index is 0.215. The van der Waals surface area contributed by atoms with Crippen LogP contribution in [0.1, 0.15) is 12.5 Å². The molecule has 0 bridgehead atoms. The first-order valence-corrected chi connectivity index (χ1v) is 7.87. The van der Waals surface area contributed by atoms with Crippen molar-refractivity contribution in [2.75, 3.05) is 5.32 Å². The molecule has 7 heteroatoms. The number of hydrogen-bond acceptors (Lipinski definition) is 4. The Hall–Kier alpha value is -3.48. The maximum absolute atomic E-state index is 11.5. The highest BCUT2D eigenvalue weighted by molar-refractivity contribution is 5.91. The van der Waals surface area contributed by atoms with Crippen LogP contribution in [0.4, 0.5) is 5.82 Å². The second-order valence-electron chi connectivity index (χ2n) is 5.81. The summed E-state index contributed by atoms with van der Waals surface area (Å²) in [5.74, 6) is 0.712. The first kappa shape index (κ1) is 15.1. The zero-order valence-corrected chi connectivity index (χ0v) is 13.8. The number of aryl methyl sites for hydroxylation is 1. The monoisotopic (exact) mass is 332 g/mol. The van der Waals surface area contributed by atoms with Crippen LogP contribution in [0, 0.1) is 6.92 Å². The lowest BCUT2D eigenvalue weighted by Gasteiger charge is -1.99. The number of benzene rings is 2. The summed E-state index contributed by atoms with van der Waals surface area (Å²) in [6.07, 6.45) is 0. The average molecular weight is 332 g/mol. The van der Waals surface area contributed by atoms with Crippen LogP contribution in [0.25, 0.3) is 28.2 Å². The molecule has 0 spiro atoms. The van der Waals surface area contributed by atoms with Crippen LogP contribution in [0.15, 0.2) is 48.5 Å². The molecule has 0 radical (unpaired) electrons. The maximum atomic E-state index is 11.5. The summed E-state index contributed by atoms with van der Waals surface area (Å²) in [5, 5.41) is 11.7. The van der Waals surface area contributed by atoms with Crippen molar-refractivity contribution >= 4 is 22.8 Å². The number of H-pyrrole nitrogens is 1. The van der Waals surface area contributed by atoms with E-state index in [0.29, 0.717) is 17.3 Å². The highest BCUT2D eigenvalue weighted by atomic mass is 16.1. The number of nitrogens with one attached hydrogen (secondary N) is 2. The number of aromatic nitrogens is 5. The summed E-state index contributed by atoms with van der Waals surface area (Å²) in [4.78, 5) is 20.8. The molecule has 25 heavy (non-hydrogen) atoms. The molecule has 4 aromatic rings. The Balaban J connectivity index is 1.84. The second-order valence-corrected chi connectivity index (χ2v) is 5.81. The molecule has 124 valence electrons. The molecule has 2 N–H and O–H groups in total. The Morgan fingerprint density at radius 1 is 1.08 bits per heavy atom. The highest BCUT2D eigenvalue weighted by Gasteiger charge is 2.18. The summed E-state index contributed by atoms with van der Waals surface area (Å²) in [6.45, 7) is 3.45. The van der Waals surface area contributed by atoms with Gasteiger partial charge in [-0.05, 0) is 31.2 Å². The van der Waals surface area contributed by atoms with Crippen molar-refractivity contribution in [2.24, 2.45) is 0 Å². The van der Waals surface area contributed by atoms with E-state index < -0.39 is 0 Å². The molecule has 2 aromatic heterocycles. The molecule has 0 aliphatic heterocycles. The standard InChI is InChI=1S/C18H16N6O/c1-11-7-9-13(10-8-11)24-22-16(18(23-24)19-12(2)25)17-20-14-5-3-4-6-15(14)21-17/h3-10H,1-2H3,(H,20,21)(H,19,23,25). The molecular formula is C18H16N6O. The Morgan fingerprint density at radius 3 is 2.56 bits per heavy atom. The van der Waals surface area contributed by atoms with E-state index >= 15 is 0 Å². The predicted octanol–water partition coefficient (Wildman–Crippen LogP) is 3.08. The molecule has 4 rings (SSSR count). The summed E-state index contributed by atoms with van der Waals surface area (Å²) in [5.41, 5.74) is 4.18. The van der Waals surface area contributed by atoms with Crippen molar-refractivity contribution < 1.29 is 4.79 Å². The molecule has 0 unspecified atom stereocenters. The van der Waals surface area contributed by atoms with Crippen molar-refractivity contribution in [3.05, 3.63) is 54.1 Å². The van der Waals surface area contributed by atoms with Crippen molar-refractivity contribution in [1.29, 1.82) is 0 Å². The number of amides is 1. The van der Waals surface area contributed by atoms with E-state index in [-0.39, 0.29) is 5.91 Å². The minimum atomic E-state index is -0.215. The number of aromatic amines is 1. The van der Waals surface area contributed by atoms with Gasteiger partial charge in [-0.2, -0.15) is 0 Å². The average Bonchev–Trinajstić information content (AvgIpc) is 3.18. The number of para-hydroxylation sites is 2. The number of anilines is 1. The first-order chi connectivity index (χ1) is 12.1. The first-order valence-electron chi connectivity index (χ1n) is 7.87. The van der Waals surface area contributed by atoms with Gasteiger partial charge in [0.15, 0.2) is 17.3 Å². The molecular weight excluding hydrogens is 316 g/mol. The largest absolute Gasteiger partial charge is 0.336 e. The van der Waals surface area contributed by atoms with Gasteiger partial charge >= 0.3 is 0 Å². The molecule has 0 saturated carbocycles. The van der Waals surface area contributed by atoms with E-state index in [4.69, 9.17) is 0 Å². The van der Waals surface area contributed by atoms with Crippen molar-refractivity contribution in [3.63, 3.8) is 0 Å². The molecule has 0 fully saturated rings. The van der Waals surface area contributed by atoms with E-state index in [1.807, 2.05) is 55.5 Å². The topological polar surface area (TPSA) is 88.5 Å². The fourth-order valence-electron chi connectivity index (χ4n) is 2.58. The number of fused-ring (bicyclic) bond motifs is 1. The number of rotatable bonds is 3. The van der Waals surface area contributed by atoms with Crippen LogP contribution in [-0.4, -0.2) is 30.9 Å². The summed E-state index contributed by atoms with van der Waals surface area (Å²) < 4.78 is 0. The highest BCUT2D eigenvalue weighted by Crippen LogP contribution is 2.25. The van der Waals surface area contributed by atoms with Gasteiger partial charge in [-0.3, -0.25) is 4.79 Å². The van der Waals surface area contributed by atoms with Gasteiger partial charge in [0.25, 0.3) is 0 Å². The molecule has 0 saturated heterocycles. The number of carbonyl (C=O) groups excluding carboxylic acids is 1. The molecule has 0 aliphatic rings. The van der Waals surface area contributed by atoms with Gasteiger partial charge in [0.2, 0.25) is 5.91 Å². The van der Waals surface area contributed by atoms with Gasteiger partial charge in [0.1, 0.15) is 0 Å². The van der Waals surface area contributed by atoms with Crippen LogP contribution in [0.5, 0.6) is 0 Å². The van der Waals surface area contributed by atoms with E-state index in [9.17, 15) is 4.79 Å². The van der Waals surface area contributed by atoms with Crippen molar-refractivity contribution in [1.82, 2.24) is 25.0 Å². The third kappa shape index (κ3) is 2.87. The molecule has 0 aliphatic carbocycles. The fourth-order valence-corrected chi connectivity index (χ4v) is 2.58. The van der Waals surface area contributed by atoms with Gasteiger partial charge in [0.05, 0.1) is 16.7 Å². The van der Waals surface area contributed by atoms with Gasteiger partial charge in [0, 0.05) is 6.92 Å². The number of carbonyl (C=O) groups is 1. The molecule has 1 amide bonds. The molecule has 7 nitrogen and oxygen atoms in total. The summed E-state index contributed by atoms with van der Waals surface area (Å²) in [6, 6.07) is 15.5. The van der Waals surface area contributed by atoms with E-state index in [2.05, 4.69) is 25.5 Å². The SMILES string of the molecule is CC(=O)Nc1nn(-c2ccc(C)cc2)nc1-c1nc2ccccc2[nH]1. The molecule has 2 aromatic carbocycles. The maximum Gasteiger partial charge on any atom is 0.222 e. The zero-order chi connectivity index (χ0) is 17.4. The van der Waals surface area contributed by atoms with Gasteiger partial charge in [-0.1, -0.05) is 29.8 Å². The second kappa shape index (κ2) is 5.86. The normalized spacial score (nSPS) is 11.0. The van der Waals surface area contributed by atoms with Gasteiger partial charge in [-0.25, -0.2) is 4.98 Å². The Labute approximate surface area is 143 Å². The van der Waals surface area contributed by atoms with E-state index in [1.54, 1.807) is 0 Å². The fraction of sp³-hybridized carbons (Fsp3) is 0.111. The summed E-state index contributed by atoms with van der Waals surface area (Å²) >= 11 is 0. The van der Waals surface area contributed by atoms with Crippen LogP contribution in [0.3, 0.4) is 0 Å². The van der Waals surface area contributed by atoms with Crippen LogP contribution >= 0.6 is 0 Å². The van der Waals surface area contributed by atoms with Crippen molar-refractivity contribution in [3.8, 4) is 17.2 Å². The lowest BCUT2D eigenvalue weighted by atomic mass is 10.2. The quantitative estimate of drug-likeness (QED) is 0.603. The van der Waals surface area contributed by atoms with Crippen LogP contribution in [0.2, 0.25) is 0 Å². The molecule has 2 heterocycles. The number of hydrogen-bond donors (Lipinski definition) is 2. The van der Waals surface area contributed by atoms with Gasteiger partial charge < -0.3 is 10.3 Å². The Bertz CT molecular complexity index is 1030. The summed E-state index contributed by atoms with van der Waals surface area (Å²) in [7, 11) is 0. The Kier molecular flexibility index (Phi) is 3.53. The van der Waals surface area contributed by atoms with E-state index in [1.165, 1.54) is 11.7 Å². The van der Waals surface area contributed by atoms with Gasteiger partial charge in [-0.15, -0.1) is 15.0 Å². The lowest BCUT2D eigenvalue weighted by molar-refractivity contribution is -0.114. The van der Waals surface area contributed by atoms with Crippen molar-refractivity contribution in [2.45, 2.75) is 13.8 Å².